The molecule has 0 saturated heterocycles. The lowest BCUT2D eigenvalue weighted by Crippen LogP contribution is -2.23. The Morgan fingerprint density at radius 1 is 1.10 bits per heavy atom. The Hall–Kier alpha value is -1.45. The quantitative estimate of drug-likeness (QED) is 0.867. The first kappa shape index (κ1) is 14.9. The highest BCUT2D eigenvalue weighted by Gasteiger charge is 2.21. The van der Waals surface area contributed by atoms with Gasteiger partial charge < -0.3 is 5.32 Å². The first-order valence-corrected chi connectivity index (χ1v) is 6.86. The maximum absolute atomic E-state index is 14.0. The molecule has 0 amide bonds. The Labute approximate surface area is 122 Å². The summed E-state index contributed by atoms with van der Waals surface area (Å²) in [6.45, 7) is 4.41. The van der Waals surface area contributed by atoms with E-state index in [-0.39, 0.29) is 5.56 Å². The summed E-state index contributed by atoms with van der Waals surface area (Å²) in [7, 11) is 0. The fourth-order valence-corrected chi connectivity index (χ4v) is 2.46. The molecule has 2 aromatic rings. The number of hydrogen-bond acceptors (Lipinski definition) is 1. The molecule has 0 bridgehead atoms. The summed E-state index contributed by atoms with van der Waals surface area (Å²) in [6.07, 6.45) is 0. The zero-order valence-corrected chi connectivity index (χ0v) is 12.1. The number of rotatable bonds is 4. The average Bonchev–Trinajstić information content (AvgIpc) is 2.43. The van der Waals surface area contributed by atoms with Crippen molar-refractivity contribution in [2.45, 2.75) is 19.9 Å². The summed E-state index contributed by atoms with van der Waals surface area (Å²) in [5.41, 5.74) is 1.92. The molecule has 0 fully saturated rings. The van der Waals surface area contributed by atoms with E-state index in [4.69, 9.17) is 11.6 Å². The smallest absolute Gasteiger partial charge is 0.163 e. The van der Waals surface area contributed by atoms with Crippen molar-refractivity contribution in [3.05, 3.63) is 69.7 Å². The molecular weight excluding hydrogens is 280 g/mol. The zero-order chi connectivity index (χ0) is 14.7. The van der Waals surface area contributed by atoms with Gasteiger partial charge in [-0.1, -0.05) is 48.9 Å². The SMILES string of the molecule is CCNC(c1cccc(F)c1F)c1cccc(C)c1Cl. The topological polar surface area (TPSA) is 12.0 Å². The van der Waals surface area contributed by atoms with Gasteiger partial charge in [0.2, 0.25) is 0 Å². The molecule has 4 heteroatoms. The van der Waals surface area contributed by atoms with Crippen molar-refractivity contribution in [2.24, 2.45) is 0 Å². The minimum atomic E-state index is -0.853. The second-order valence-corrected chi connectivity index (χ2v) is 4.99. The molecule has 1 atom stereocenters. The molecule has 0 heterocycles. The van der Waals surface area contributed by atoms with E-state index < -0.39 is 17.7 Å². The van der Waals surface area contributed by atoms with E-state index in [2.05, 4.69) is 5.32 Å². The van der Waals surface area contributed by atoms with Gasteiger partial charge in [-0.25, -0.2) is 8.78 Å². The Kier molecular flexibility index (Phi) is 4.73. The van der Waals surface area contributed by atoms with E-state index in [9.17, 15) is 8.78 Å². The predicted octanol–water partition coefficient (Wildman–Crippen LogP) is 4.63. The third kappa shape index (κ3) is 2.84. The van der Waals surface area contributed by atoms with Crippen molar-refractivity contribution < 1.29 is 8.78 Å². The lowest BCUT2D eigenvalue weighted by Gasteiger charge is -2.21. The first-order valence-electron chi connectivity index (χ1n) is 6.48. The maximum Gasteiger partial charge on any atom is 0.163 e. The van der Waals surface area contributed by atoms with E-state index in [1.165, 1.54) is 6.07 Å². The monoisotopic (exact) mass is 295 g/mol. The van der Waals surface area contributed by atoms with Crippen molar-refractivity contribution >= 4 is 11.6 Å². The summed E-state index contributed by atoms with van der Waals surface area (Å²) in [5.74, 6) is -1.69. The van der Waals surface area contributed by atoms with Gasteiger partial charge in [-0.05, 0) is 30.7 Å². The molecule has 0 aliphatic carbocycles. The highest BCUT2D eigenvalue weighted by molar-refractivity contribution is 6.32. The maximum atomic E-state index is 14.0. The first-order chi connectivity index (χ1) is 9.56. The molecular formula is C16H16ClF2N. The molecule has 0 aliphatic rings. The largest absolute Gasteiger partial charge is 0.306 e. The van der Waals surface area contributed by atoms with Crippen LogP contribution in [0.3, 0.4) is 0 Å². The van der Waals surface area contributed by atoms with E-state index in [1.807, 2.05) is 32.0 Å². The van der Waals surface area contributed by atoms with Crippen LogP contribution in [0.4, 0.5) is 8.78 Å². The average molecular weight is 296 g/mol. The van der Waals surface area contributed by atoms with Crippen LogP contribution in [0.15, 0.2) is 36.4 Å². The van der Waals surface area contributed by atoms with Crippen LogP contribution in [0, 0.1) is 18.6 Å². The molecule has 0 aromatic heterocycles. The molecule has 106 valence electrons. The van der Waals surface area contributed by atoms with Crippen molar-refractivity contribution in [3.63, 3.8) is 0 Å². The fourth-order valence-electron chi connectivity index (χ4n) is 2.23. The van der Waals surface area contributed by atoms with E-state index >= 15 is 0 Å². The molecule has 1 unspecified atom stereocenters. The Morgan fingerprint density at radius 3 is 2.45 bits per heavy atom. The lowest BCUT2D eigenvalue weighted by molar-refractivity contribution is 0.483. The number of benzene rings is 2. The van der Waals surface area contributed by atoms with Crippen LogP contribution in [0.2, 0.25) is 5.02 Å². The van der Waals surface area contributed by atoms with Gasteiger partial charge in [0.05, 0.1) is 6.04 Å². The van der Waals surface area contributed by atoms with Crippen molar-refractivity contribution in [1.29, 1.82) is 0 Å². The van der Waals surface area contributed by atoms with Gasteiger partial charge in [-0.2, -0.15) is 0 Å². The summed E-state index contributed by atoms with van der Waals surface area (Å²) in [4.78, 5) is 0. The molecule has 20 heavy (non-hydrogen) atoms. The van der Waals surface area contributed by atoms with Crippen LogP contribution in [-0.4, -0.2) is 6.54 Å². The summed E-state index contributed by atoms with van der Waals surface area (Å²) in [6, 6.07) is 9.29. The van der Waals surface area contributed by atoms with Crippen molar-refractivity contribution in [2.75, 3.05) is 6.54 Å². The normalized spacial score (nSPS) is 12.4. The van der Waals surface area contributed by atoms with Crippen molar-refractivity contribution in [3.8, 4) is 0 Å². The molecule has 0 saturated carbocycles. The minimum Gasteiger partial charge on any atom is -0.306 e. The highest BCUT2D eigenvalue weighted by Crippen LogP contribution is 2.32. The molecule has 0 spiro atoms. The van der Waals surface area contributed by atoms with Crippen LogP contribution in [0.25, 0.3) is 0 Å². The minimum absolute atomic E-state index is 0.263. The summed E-state index contributed by atoms with van der Waals surface area (Å²) < 4.78 is 27.5. The van der Waals surface area contributed by atoms with Gasteiger partial charge in [0.1, 0.15) is 0 Å². The van der Waals surface area contributed by atoms with Gasteiger partial charge in [0, 0.05) is 10.6 Å². The molecule has 1 N–H and O–H groups in total. The van der Waals surface area contributed by atoms with Crippen LogP contribution in [0.5, 0.6) is 0 Å². The molecule has 2 aromatic carbocycles. The summed E-state index contributed by atoms with van der Waals surface area (Å²) in [5, 5.41) is 3.73. The fraction of sp³-hybridized carbons (Fsp3) is 0.250. The third-order valence-electron chi connectivity index (χ3n) is 3.23. The predicted molar refractivity (Wildman–Crippen MR) is 78.1 cm³/mol. The van der Waals surface area contributed by atoms with Crippen LogP contribution in [0.1, 0.15) is 29.7 Å². The number of halogens is 3. The molecule has 2 rings (SSSR count). The Bertz CT molecular complexity index is 562. The number of aryl methyl sites for hydroxylation is 1. The molecule has 0 radical (unpaired) electrons. The standard InChI is InChI=1S/C16H16ClF2N/c1-3-20-16(11-7-4-6-10(2)14(11)17)12-8-5-9-13(18)15(12)19/h4-9,16,20H,3H2,1-2H3. The van der Waals surface area contributed by atoms with E-state index in [0.29, 0.717) is 11.6 Å². The Balaban J connectivity index is 2.56. The van der Waals surface area contributed by atoms with Gasteiger partial charge in [-0.15, -0.1) is 0 Å². The lowest BCUT2D eigenvalue weighted by atomic mass is 9.96. The zero-order valence-electron chi connectivity index (χ0n) is 11.4. The molecule has 1 nitrogen and oxygen atoms in total. The van der Waals surface area contributed by atoms with E-state index in [1.54, 1.807) is 6.07 Å². The number of hydrogen-bond donors (Lipinski definition) is 1. The Morgan fingerprint density at radius 2 is 1.75 bits per heavy atom. The number of nitrogens with one attached hydrogen (secondary N) is 1. The van der Waals surface area contributed by atoms with Gasteiger partial charge in [-0.3, -0.25) is 0 Å². The van der Waals surface area contributed by atoms with Crippen LogP contribution < -0.4 is 5.32 Å². The highest BCUT2D eigenvalue weighted by atomic mass is 35.5. The third-order valence-corrected chi connectivity index (χ3v) is 3.75. The second-order valence-electron chi connectivity index (χ2n) is 4.61. The van der Waals surface area contributed by atoms with Crippen LogP contribution in [-0.2, 0) is 0 Å². The summed E-state index contributed by atoms with van der Waals surface area (Å²) >= 11 is 6.31. The van der Waals surface area contributed by atoms with Gasteiger partial charge in [0.25, 0.3) is 0 Å². The molecule has 0 aliphatic heterocycles. The second kappa shape index (κ2) is 6.33. The van der Waals surface area contributed by atoms with Gasteiger partial charge in [0.15, 0.2) is 11.6 Å². The van der Waals surface area contributed by atoms with Crippen LogP contribution >= 0.6 is 11.6 Å². The van der Waals surface area contributed by atoms with Gasteiger partial charge >= 0.3 is 0 Å². The van der Waals surface area contributed by atoms with E-state index in [0.717, 1.165) is 17.2 Å². The van der Waals surface area contributed by atoms with Crippen molar-refractivity contribution in [1.82, 2.24) is 5.32 Å².